The van der Waals surface area contributed by atoms with E-state index in [1.54, 1.807) is 12.1 Å². The van der Waals surface area contributed by atoms with E-state index in [2.05, 4.69) is 5.43 Å². The number of nitrogens with two attached hydrogens (primary N) is 1. The summed E-state index contributed by atoms with van der Waals surface area (Å²) in [5, 5.41) is 0. The average Bonchev–Trinajstić information content (AvgIpc) is 2.44. The van der Waals surface area contributed by atoms with E-state index in [0.29, 0.717) is 5.56 Å². The Balaban J connectivity index is 2.10. The highest BCUT2D eigenvalue weighted by Gasteiger charge is 2.15. The summed E-state index contributed by atoms with van der Waals surface area (Å²) in [6.07, 6.45) is 0. The fourth-order valence-electron chi connectivity index (χ4n) is 1.85. The maximum Gasteiger partial charge on any atom is 0.128 e. The maximum atomic E-state index is 13.8. The fourth-order valence-corrected chi connectivity index (χ4v) is 1.85. The number of nitrogens with one attached hydrogen (secondary N) is 1. The van der Waals surface area contributed by atoms with E-state index in [1.165, 1.54) is 6.07 Å². The first-order valence-corrected chi connectivity index (χ1v) is 6.10. The largest absolute Gasteiger partial charge is 0.492 e. The third-order valence-electron chi connectivity index (χ3n) is 2.89. The Morgan fingerprint density at radius 2 is 1.95 bits per heavy atom. The van der Waals surface area contributed by atoms with Crippen LogP contribution >= 0.6 is 0 Å². The van der Waals surface area contributed by atoms with Gasteiger partial charge in [0.1, 0.15) is 18.2 Å². The van der Waals surface area contributed by atoms with Crippen molar-refractivity contribution in [3.8, 4) is 5.75 Å². The van der Waals surface area contributed by atoms with Gasteiger partial charge in [0.05, 0.1) is 6.04 Å². The molecule has 1 atom stereocenters. The first kappa shape index (κ1) is 13.5. The molecule has 2 rings (SSSR count). The molecule has 0 amide bonds. The molecule has 3 nitrogen and oxygen atoms in total. The van der Waals surface area contributed by atoms with Crippen molar-refractivity contribution in [2.24, 2.45) is 5.84 Å². The van der Waals surface area contributed by atoms with Gasteiger partial charge in [-0.15, -0.1) is 0 Å². The Labute approximate surface area is 112 Å². The van der Waals surface area contributed by atoms with Crippen molar-refractivity contribution in [1.82, 2.24) is 5.43 Å². The molecular weight excluding hydrogens is 243 g/mol. The minimum absolute atomic E-state index is 0.265. The summed E-state index contributed by atoms with van der Waals surface area (Å²) in [5.41, 5.74) is 4.09. The predicted octanol–water partition coefficient (Wildman–Crippen LogP) is 2.72. The van der Waals surface area contributed by atoms with Crippen molar-refractivity contribution in [2.45, 2.75) is 13.0 Å². The Bertz CT molecular complexity index is 531. The molecular formula is C15H17FN2O. The summed E-state index contributed by atoms with van der Waals surface area (Å²) in [6, 6.07) is 13.9. The lowest BCUT2D eigenvalue weighted by atomic mass is 10.0. The van der Waals surface area contributed by atoms with E-state index in [-0.39, 0.29) is 18.5 Å². The van der Waals surface area contributed by atoms with E-state index < -0.39 is 0 Å². The van der Waals surface area contributed by atoms with Crippen molar-refractivity contribution < 1.29 is 9.13 Å². The van der Waals surface area contributed by atoms with Crippen molar-refractivity contribution in [3.63, 3.8) is 0 Å². The van der Waals surface area contributed by atoms with Gasteiger partial charge in [0.15, 0.2) is 0 Å². The van der Waals surface area contributed by atoms with Crippen molar-refractivity contribution in [3.05, 3.63) is 65.5 Å². The van der Waals surface area contributed by atoms with Gasteiger partial charge in [0.2, 0.25) is 0 Å². The van der Waals surface area contributed by atoms with E-state index in [1.807, 2.05) is 37.3 Å². The molecule has 2 aromatic rings. The summed E-state index contributed by atoms with van der Waals surface area (Å²) in [4.78, 5) is 0. The molecule has 0 heterocycles. The Morgan fingerprint density at radius 3 is 2.63 bits per heavy atom. The summed E-state index contributed by atoms with van der Waals surface area (Å²) in [6.45, 7) is 2.18. The number of hydrogen-bond acceptors (Lipinski definition) is 3. The van der Waals surface area contributed by atoms with Gasteiger partial charge in [0, 0.05) is 5.56 Å². The molecule has 0 saturated carbocycles. The van der Waals surface area contributed by atoms with Gasteiger partial charge < -0.3 is 4.74 Å². The number of hydrazine groups is 1. The molecule has 0 fully saturated rings. The molecule has 3 N–H and O–H groups in total. The minimum atomic E-state index is -0.389. The van der Waals surface area contributed by atoms with Crippen LogP contribution in [0.3, 0.4) is 0 Å². The average molecular weight is 260 g/mol. The highest BCUT2D eigenvalue weighted by molar-refractivity contribution is 5.27. The van der Waals surface area contributed by atoms with Crippen LogP contribution in [-0.2, 0) is 0 Å². The monoisotopic (exact) mass is 260 g/mol. The quantitative estimate of drug-likeness (QED) is 0.642. The van der Waals surface area contributed by atoms with Crippen LogP contribution in [0.5, 0.6) is 5.75 Å². The maximum absolute atomic E-state index is 13.8. The van der Waals surface area contributed by atoms with Crippen molar-refractivity contribution >= 4 is 0 Å². The van der Waals surface area contributed by atoms with Crippen LogP contribution in [0, 0.1) is 12.7 Å². The third-order valence-corrected chi connectivity index (χ3v) is 2.89. The van der Waals surface area contributed by atoms with Crippen LogP contribution in [0.15, 0.2) is 48.5 Å². The molecule has 19 heavy (non-hydrogen) atoms. The Kier molecular flexibility index (Phi) is 4.49. The summed E-state index contributed by atoms with van der Waals surface area (Å²) in [5.74, 6) is 5.94. The molecule has 2 aromatic carbocycles. The molecule has 4 heteroatoms. The highest BCUT2D eigenvalue weighted by Crippen LogP contribution is 2.19. The molecule has 100 valence electrons. The second-order valence-corrected chi connectivity index (χ2v) is 4.37. The van der Waals surface area contributed by atoms with Gasteiger partial charge in [0.25, 0.3) is 0 Å². The van der Waals surface area contributed by atoms with Crippen LogP contribution in [0.1, 0.15) is 17.2 Å². The third kappa shape index (κ3) is 3.53. The van der Waals surface area contributed by atoms with E-state index in [0.717, 1.165) is 11.3 Å². The normalized spacial score (nSPS) is 12.2. The van der Waals surface area contributed by atoms with Gasteiger partial charge in [-0.05, 0) is 25.1 Å². The molecule has 1 unspecified atom stereocenters. The fraction of sp³-hybridized carbons (Fsp3) is 0.200. The summed E-state index contributed by atoms with van der Waals surface area (Å²) in [7, 11) is 0. The van der Waals surface area contributed by atoms with Crippen molar-refractivity contribution in [1.29, 1.82) is 0 Å². The molecule has 0 aliphatic carbocycles. The van der Waals surface area contributed by atoms with Crippen molar-refractivity contribution in [2.75, 3.05) is 6.61 Å². The predicted molar refractivity (Wildman–Crippen MR) is 73.1 cm³/mol. The van der Waals surface area contributed by atoms with Crippen LogP contribution < -0.4 is 16.0 Å². The van der Waals surface area contributed by atoms with E-state index >= 15 is 0 Å². The molecule has 0 aliphatic heterocycles. The second-order valence-electron chi connectivity index (χ2n) is 4.37. The van der Waals surface area contributed by atoms with Crippen LogP contribution in [0.25, 0.3) is 0 Å². The molecule has 0 aliphatic rings. The number of hydrogen-bond donors (Lipinski definition) is 2. The summed E-state index contributed by atoms with van der Waals surface area (Å²) < 4.78 is 19.4. The first-order chi connectivity index (χ1) is 9.20. The van der Waals surface area contributed by atoms with Gasteiger partial charge >= 0.3 is 0 Å². The first-order valence-electron chi connectivity index (χ1n) is 6.10. The zero-order chi connectivity index (χ0) is 13.7. The topological polar surface area (TPSA) is 47.3 Å². The number of aryl methyl sites for hydroxylation is 1. The van der Waals surface area contributed by atoms with Crippen LogP contribution in [0.2, 0.25) is 0 Å². The van der Waals surface area contributed by atoms with Gasteiger partial charge in [-0.25, -0.2) is 9.82 Å². The molecule has 0 saturated heterocycles. The van der Waals surface area contributed by atoms with Gasteiger partial charge in [-0.2, -0.15) is 0 Å². The van der Waals surface area contributed by atoms with Gasteiger partial charge in [-0.3, -0.25) is 5.84 Å². The SMILES string of the molecule is Cc1ccc(F)c(C(COc2ccccc2)NN)c1. The second kappa shape index (κ2) is 6.31. The lowest BCUT2D eigenvalue weighted by Gasteiger charge is -2.18. The highest BCUT2D eigenvalue weighted by atomic mass is 19.1. The zero-order valence-corrected chi connectivity index (χ0v) is 10.8. The zero-order valence-electron chi connectivity index (χ0n) is 10.8. The number of benzene rings is 2. The molecule has 0 spiro atoms. The minimum Gasteiger partial charge on any atom is -0.492 e. The van der Waals surface area contributed by atoms with Crippen LogP contribution in [-0.4, -0.2) is 6.61 Å². The molecule has 0 bridgehead atoms. The van der Waals surface area contributed by atoms with Gasteiger partial charge in [-0.1, -0.05) is 35.9 Å². The molecule has 0 aromatic heterocycles. The van der Waals surface area contributed by atoms with E-state index in [9.17, 15) is 4.39 Å². The lowest BCUT2D eigenvalue weighted by molar-refractivity contribution is 0.264. The number of para-hydroxylation sites is 1. The Morgan fingerprint density at radius 1 is 1.21 bits per heavy atom. The standard InChI is InChI=1S/C15H17FN2O/c1-11-7-8-14(16)13(9-11)15(18-17)10-19-12-5-3-2-4-6-12/h2-9,15,18H,10,17H2,1H3. The Hall–Kier alpha value is -1.91. The van der Waals surface area contributed by atoms with E-state index in [4.69, 9.17) is 10.6 Å². The smallest absolute Gasteiger partial charge is 0.128 e. The van der Waals surface area contributed by atoms with Crippen LogP contribution in [0.4, 0.5) is 4.39 Å². The lowest BCUT2D eigenvalue weighted by Crippen LogP contribution is -2.33. The summed E-state index contributed by atoms with van der Waals surface area (Å²) >= 11 is 0. The number of ether oxygens (including phenoxy) is 1. The molecule has 0 radical (unpaired) electrons. The number of rotatable bonds is 5. The number of halogens is 1.